The second kappa shape index (κ2) is 6.98. The number of aryl methyl sites for hydroxylation is 1. The molecule has 3 aromatic rings. The minimum Gasteiger partial charge on any atom is -0.465 e. The van der Waals surface area contributed by atoms with Gasteiger partial charge in [-0.3, -0.25) is 4.90 Å². The molecule has 24 heavy (non-hydrogen) atoms. The van der Waals surface area contributed by atoms with Crippen molar-refractivity contribution < 1.29 is 18.5 Å². The van der Waals surface area contributed by atoms with E-state index in [9.17, 15) is 4.79 Å². The van der Waals surface area contributed by atoms with Gasteiger partial charge in [-0.1, -0.05) is 11.2 Å². The number of rotatable bonds is 6. The van der Waals surface area contributed by atoms with Gasteiger partial charge >= 0.3 is 5.97 Å². The van der Waals surface area contributed by atoms with E-state index < -0.39 is 5.97 Å². The van der Waals surface area contributed by atoms with Crippen LogP contribution in [0.25, 0.3) is 10.7 Å². The van der Waals surface area contributed by atoms with Crippen molar-refractivity contribution >= 4 is 17.3 Å². The van der Waals surface area contributed by atoms with Gasteiger partial charge in [0.05, 0.1) is 25.1 Å². The first-order valence-corrected chi connectivity index (χ1v) is 8.17. The lowest BCUT2D eigenvalue weighted by atomic mass is 10.2. The third kappa shape index (κ3) is 3.55. The van der Waals surface area contributed by atoms with Crippen LogP contribution in [0.2, 0.25) is 0 Å². The first-order valence-electron chi connectivity index (χ1n) is 7.29. The topological polar surface area (TPSA) is 81.6 Å². The number of methoxy groups -OCH3 is 1. The fraction of sp³-hybridized carbons (Fsp3) is 0.312. The van der Waals surface area contributed by atoms with E-state index in [1.54, 1.807) is 24.3 Å². The predicted octanol–water partition coefficient (Wildman–Crippen LogP) is 3.12. The van der Waals surface area contributed by atoms with Gasteiger partial charge in [0.15, 0.2) is 0 Å². The lowest BCUT2D eigenvalue weighted by Gasteiger charge is -2.11. The van der Waals surface area contributed by atoms with E-state index in [1.165, 1.54) is 7.11 Å². The zero-order chi connectivity index (χ0) is 17.1. The number of aromatic nitrogens is 2. The van der Waals surface area contributed by atoms with E-state index in [-0.39, 0.29) is 0 Å². The summed E-state index contributed by atoms with van der Waals surface area (Å²) < 4.78 is 15.6. The number of ether oxygens (including phenoxy) is 1. The van der Waals surface area contributed by atoms with Gasteiger partial charge in [0.25, 0.3) is 0 Å². The molecule has 0 fully saturated rings. The Morgan fingerprint density at radius 3 is 2.96 bits per heavy atom. The standard InChI is InChI=1S/C16H17N3O4S/c1-10-12(16(20)21-3)7-11(22-10)8-19(2)9-14-17-15(18-23-14)13-5-4-6-24-13/h4-7H,8-9H2,1-3H3. The molecule has 0 saturated carbocycles. The lowest BCUT2D eigenvalue weighted by molar-refractivity contribution is 0.0599. The zero-order valence-corrected chi connectivity index (χ0v) is 14.4. The molecular weight excluding hydrogens is 330 g/mol. The molecule has 0 N–H and O–H groups in total. The van der Waals surface area contributed by atoms with Gasteiger partial charge in [0.2, 0.25) is 11.7 Å². The second-order valence-corrected chi connectivity index (χ2v) is 6.28. The van der Waals surface area contributed by atoms with Crippen LogP contribution in [0.4, 0.5) is 0 Å². The van der Waals surface area contributed by atoms with E-state index in [0.717, 1.165) is 4.88 Å². The number of nitrogens with zero attached hydrogens (tertiary/aromatic N) is 3. The minimum atomic E-state index is -0.400. The Hall–Kier alpha value is -2.45. The van der Waals surface area contributed by atoms with E-state index in [1.807, 2.05) is 29.5 Å². The molecule has 0 aliphatic heterocycles. The van der Waals surface area contributed by atoms with Crippen LogP contribution in [0, 0.1) is 6.92 Å². The van der Waals surface area contributed by atoms with E-state index in [0.29, 0.717) is 41.9 Å². The first-order chi connectivity index (χ1) is 11.6. The minimum absolute atomic E-state index is 0.400. The lowest BCUT2D eigenvalue weighted by Crippen LogP contribution is -2.17. The highest BCUT2D eigenvalue weighted by Crippen LogP contribution is 2.22. The molecule has 0 aliphatic rings. The normalized spacial score (nSPS) is 11.2. The van der Waals surface area contributed by atoms with Crippen molar-refractivity contribution in [3.8, 4) is 10.7 Å². The highest BCUT2D eigenvalue weighted by Gasteiger charge is 2.17. The maximum atomic E-state index is 11.6. The van der Waals surface area contributed by atoms with Crippen molar-refractivity contribution in [3.63, 3.8) is 0 Å². The molecule has 3 aromatic heterocycles. The Morgan fingerprint density at radius 1 is 1.42 bits per heavy atom. The van der Waals surface area contributed by atoms with E-state index in [2.05, 4.69) is 10.1 Å². The maximum Gasteiger partial charge on any atom is 0.341 e. The van der Waals surface area contributed by atoms with Gasteiger partial charge in [0, 0.05) is 0 Å². The fourth-order valence-electron chi connectivity index (χ4n) is 2.31. The monoisotopic (exact) mass is 347 g/mol. The number of furan rings is 1. The summed E-state index contributed by atoms with van der Waals surface area (Å²) in [5.41, 5.74) is 0.443. The Balaban J connectivity index is 1.64. The third-order valence-electron chi connectivity index (χ3n) is 3.41. The number of carbonyl (C=O) groups excluding carboxylic acids is 1. The number of hydrogen-bond acceptors (Lipinski definition) is 8. The van der Waals surface area contributed by atoms with Crippen LogP contribution in [0.3, 0.4) is 0 Å². The molecule has 8 heteroatoms. The third-order valence-corrected chi connectivity index (χ3v) is 4.28. The second-order valence-electron chi connectivity index (χ2n) is 5.34. The summed E-state index contributed by atoms with van der Waals surface area (Å²) in [7, 11) is 3.26. The fourth-order valence-corrected chi connectivity index (χ4v) is 2.96. The van der Waals surface area contributed by atoms with Crippen LogP contribution in [0.5, 0.6) is 0 Å². The van der Waals surface area contributed by atoms with Crippen molar-refractivity contribution in [2.45, 2.75) is 20.0 Å². The molecule has 0 amide bonds. The number of hydrogen-bond donors (Lipinski definition) is 0. The summed E-state index contributed by atoms with van der Waals surface area (Å²) >= 11 is 1.56. The van der Waals surface area contributed by atoms with Gasteiger partial charge in [-0.15, -0.1) is 11.3 Å². The van der Waals surface area contributed by atoms with Crippen LogP contribution in [-0.2, 0) is 17.8 Å². The molecule has 0 saturated heterocycles. The number of carbonyl (C=O) groups is 1. The Morgan fingerprint density at radius 2 is 2.25 bits per heavy atom. The molecule has 0 aliphatic carbocycles. The molecule has 0 atom stereocenters. The molecule has 0 bridgehead atoms. The summed E-state index contributed by atoms with van der Waals surface area (Å²) in [5.74, 6) is 1.94. The highest BCUT2D eigenvalue weighted by molar-refractivity contribution is 7.13. The van der Waals surface area contributed by atoms with Crippen LogP contribution in [0.1, 0.15) is 27.8 Å². The molecule has 126 valence electrons. The first kappa shape index (κ1) is 16.4. The van der Waals surface area contributed by atoms with Crippen molar-refractivity contribution in [2.24, 2.45) is 0 Å². The summed E-state index contributed by atoms with van der Waals surface area (Å²) in [4.78, 5) is 18.9. The van der Waals surface area contributed by atoms with Gasteiger partial charge in [0.1, 0.15) is 17.1 Å². The van der Waals surface area contributed by atoms with E-state index in [4.69, 9.17) is 13.7 Å². The van der Waals surface area contributed by atoms with Crippen LogP contribution >= 0.6 is 11.3 Å². The highest BCUT2D eigenvalue weighted by atomic mass is 32.1. The van der Waals surface area contributed by atoms with E-state index >= 15 is 0 Å². The smallest absolute Gasteiger partial charge is 0.341 e. The largest absolute Gasteiger partial charge is 0.465 e. The number of esters is 1. The average molecular weight is 347 g/mol. The Bertz CT molecular complexity index is 822. The van der Waals surface area contributed by atoms with Crippen LogP contribution < -0.4 is 0 Å². The molecule has 7 nitrogen and oxygen atoms in total. The molecule has 3 rings (SSSR count). The summed E-state index contributed by atoms with van der Waals surface area (Å²) in [5, 5.41) is 5.95. The van der Waals surface area contributed by atoms with Crippen LogP contribution in [0.15, 0.2) is 32.5 Å². The molecule has 3 heterocycles. The van der Waals surface area contributed by atoms with Crippen molar-refractivity contribution in [3.05, 3.63) is 46.6 Å². The predicted molar refractivity (Wildman–Crippen MR) is 87.6 cm³/mol. The maximum absolute atomic E-state index is 11.6. The quantitative estimate of drug-likeness (QED) is 0.634. The zero-order valence-electron chi connectivity index (χ0n) is 13.6. The van der Waals surface area contributed by atoms with Crippen molar-refractivity contribution in [1.29, 1.82) is 0 Å². The van der Waals surface area contributed by atoms with Gasteiger partial charge in [-0.25, -0.2) is 4.79 Å². The van der Waals surface area contributed by atoms with Crippen LogP contribution in [-0.4, -0.2) is 35.2 Å². The van der Waals surface area contributed by atoms with Gasteiger partial charge in [-0.05, 0) is 31.5 Å². The summed E-state index contributed by atoms with van der Waals surface area (Å²) in [6.07, 6.45) is 0. The SMILES string of the molecule is COC(=O)c1cc(CN(C)Cc2nc(-c3cccs3)no2)oc1C. The summed E-state index contributed by atoms with van der Waals surface area (Å²) in [6.45, 7) is 2.72. The molecule has 0 radical (unpaired) electrons. The molecular formula is C16H17N3O4S. The summed E-state index contributed by atoms with van der Waals surface area (Å²) in [6, 6.07) is 5.59. The molecule has 0 unspecified atom stereocenters. The number of thiophene rings is 1. The Labute approximate surface area is 142 Å². The molecule has 0 aromatic carbocycles. The average Bonchev–Trinajstić information content (AvgIpc) is 3.27. The van der Waals surface area contributed by atoms with Gasteiger partial charge < -0.3 is 13.7 Å². The van der Waals surface area contributed by atoms with Crippen molar-refractivity contribution in [1.82, 2.24) is 15.0 Å². The molecule has 0 spiro atoms. The van der Waals surface area contributed by atoms with Gasteiger partial charge in [-0.2, -0.15) is 4.98 Å². The Kier molecular flexibility index (Phi) is 4.77. The van der Waals surface area contributed by atoms with Crippen molar-refractivity contribution in [2.75, 3.05) is 14.2 Å².